The first-order valence-electron chi connectivity index (χ1n) is 4.48. The van der Waals surface area contributed by atoms with E-state index in [-0.39, 0.29) is 17.0 Å². The molecule has 0 atom stereocenters. The highest BCUT2D eigenvalue weighted by atomic mass is 35.5. The maximum atomic E-state index is 12.7. The van der Waals surface area contributed by atoms with Crippen molar-refractivity contribution in [2.24, 2.45) is 0 Å². The minimum Gasteiger partial charge on any atom is -0.481 e. The van der Waals surface area contributed by atoms with Crippen LogP contribution in [0.3, 0.4) is 0 Å². The molecule has 0 aliphatic carbocycles. The second kappa shape index (κ2) is 5.14. The van der Waals surface area contributed by atoms with Crippen molar-refractivity contribution < 1.29 is 23.1 Å². The summed E-state index contributed by atoms with van der Waals surface area (Å²) in [6.45, 7) is 0. The van der Waals surface area contributed by atoms with Gasteiger partial charge in [-0.05, 0) is 24.1 Å². The van der Waals surface area contributed by atoms with Crippen molar-refractivity contribution in [3.63, 3.8) is 0 Å². The van der Waals surface area contributed by atoms with Crippen LogP contribution in [0, 0.1) is 0 Å². The Balaban J connectivity index is 3.21. The van der Waals surface area contributed by atoms with Crippen LogP contribution in [0.1, 0.15) is 17.5 Å². The molecular formula is C10H7Cl2F3O2. The van der Waals surface area contributed by atoms with Crippen molar-refractivity contribution in [3.05, 3.63) is 33.3 Å². The number of aliphatic carboxylic acids is 1. The molecule has 0 heterocycles. The molecule has 94 valence electrons. The zero-order chi connectivity index (χ0) is 13.2. The van der Waals surface area contributed by atoms with Gasteiger partial charge in [0, 0.05) is 11.4 Å². The standard InChI is InChI=1S/C10H7Cl2F3O2/c11-6-3-5(1-2-8(16)17)9(7(12)4-6)10(13,14)15/h3-4H,1-2H2,(H,16,17). The molecule has 1 aromatic rings. The molecule has 17 heavy (non-hydrogen) atoms. The Labute approximate surface area is 105 Å². The largest absolute Gasteiger partial charge is 0.481 e. The van der Waals surface area contributed by atoms with Crippen LogP contribution >= 0.6 is 23.2 Å². The lowest BCUT2D eigenvalue weighted by atomic mass is 10.0. The van der Waals surface area contributed by atoms with E-state index in [0.29, 0.717) is 0 Å². The van der Waals surface area contributed by atoms with Crippen molar-refractivity contribution in [1.29, 1.82) is 0 Å². The smallest absolute Gasteiger partial charge is 0.418 e. The summed E-state index contributed by atoms with van der Waals surface area (Å²) in [6.07, 6.45) is -5.32. The number of benzene rings is 1. The molecule has 0 saturated heterocycles. The summed E-state index contributed by atoms with van der Waals surface area (Å²) < 4.78 is 38.1. The van der Waals surface area contributed by atoms with Gasteiger partial charge in [0.05, 0.1) is 10.6 Å². The number of hydrogen-bond acceptors (Lipinski definition) is 1. The fourth-order valence-corrected chi connectivity index (χ4v) is 2.03. The Morgan fingerprint density at radius 1 is 1.29 bits per heavy atom. The van der Waals surface area contributed by atoms with Gasteiger partial charge in [-0.25, -0.2) is 0 Å². The molecule has 1 N–H and O–H groups in total. The molecule has 0 bridgehead atoms. The van der Waals surface area contributed by atoms with Crippen molar-refractivity contribution in [2.45, 2.75) is 19.0 Å². The first-order valence-corrected chi connectivity index (χ1v) is 5.24. The summed E-state index contributed by atoms with van der Waals surface area (Å²) >= 11 is 11.1. The molecule has 1 aromatic carbocycles. The molecule has 0 unspecified atom stereocenters. The zero-order valence-electron chi connectivity index (χ0n) is 8.31. The molecule has 1 rings (SSSR count). The van der Waals surface area contributed by atoms with Crippen LogP contribution in [0.15, 0.2) is 12.1 Å². The van der Waals surface area contributed by atoms with Crippen LogP contribution in [-0.2, 0) is 17.4 Å². The van der Waals surface area contributed by atoms with Crippen LogP contribution in [-0.4, -0.2) is 11.1 Å². The van der Waals surface area contributed by atoms with Crippen LogP contribution < -0.4 is 0 Å². The number of alkyl halides is 3. The SMILES string of the molecule is O=C(O)CCc1cc(Cl)cc(Cl)c1C(F)(F)F. The third-order valence-electron chi connectivity index (χ3n) is 2.03. The third kappa shape index (κ3) is 3.78. The second-order valence-corrected chi connectivity index (χ2v) is 4.16. The predicted molar refractivity (Wildman–Crippen MR) is 57.4 cm³/mol. The third-order valence-corrected chi connectivity index (χ3v) is 2.54. The summed E-state index contributed by atoms with van der Waals surface area (Å²) in [5, 5.41) is 7.98. The summed E-state index contributed by atoms with van der Waals surface area (Å²) in [6, 6.07) is 2.06. The van der Waals surface area contributed by atoms with Gasteiger partial charge in [-0.3, -0.25) is 4.79 Å². The fourth-order valence-electron chi connectivity index (χ4n) is 1.38. The lowest BCUT2D eigenvalue weighted by molar-refractivity contribution is -0.140. The molecule has 0 radical (unpaired) electrons. The van der Waals surface area contributed by atoms with E-state index in [1.165, 1.54) is 0 Å². The van der Waals surface area contributed by atoms with Gasteiger partial charge >= 0.3 is 12.1 Å². The molecule has 0 spiro atoms. The summed E-state index contributed by atoms with van der Waals surface area (Å²) in [5.41, 5.74) is -1.23. The molecule has 2 nitrogen and oxygen atoms in total. The molecule has 0 saturated carbocycles. The summed E-state index contributed by atoms with van der Waals surface area (Å²) in [4.78, 5) is 10.4. The average molecular weight is 287 g/mol. The van der Waals surface area contributed by atoms with E-state index in [4.69, 9.17) is 28.3 Å². The van der Waals surface area contributed by atoms with E-state index >= 15 is 0 Å². The average Bonchev–Trinajstić information content (AvgIpc) is 2.10. The van der Waals surface area contributed by atoms with Crippen molar-refractivity contribution >= 4 is 29.2 Å². The number of aryl methyl sites for hydroxylation is 1. The van der Waals surface area contributed by atoms with E-state index in [0.717, 1.165) is 12.1 Å². The Morgan fingerprint density at radius 3 is 2.35 bits per heavy atom. The van der Waals surface area contributed by atoms with Gasteiger partial charge < -0.3 is 5.11 Å². The number of carboxylic acids is 1. The Bertz CT molecular complexity index is 444. The number of hydrogen-bond donors (Lipinski definition) is 1. The topological polar surface area (TPSA) is 37.3 Å². The second-order valence-electron chi connectivity index (χ2n) is 3.31. The lowest BCUT2D eigenvalue weighted by Gasteiger charge is -2.14. The van der Waals surface area contributed by atoms with Crippen molar-refractivity contribution in [1.82, 2.24) is 0 Å². The van der Waals surface area contributed by atoms with Gasteiger partial charge in [-0.15, -0.1) is 0 Å². The van der Waals surface area contributed by atoms with Gasteiger partial charge in [0.15, 0.2) is 0 Å². The molecule has 0 aromatic heterocycles. The van der Waals surface area contributed by atoms with Crippen LogP contribution in [0.5, 0.6) is 0 Å². The Kier molecular flexibility index (Phi) is 4.27. The lowest BCUT2D eigenvalue weighted by Crippen LogP contribution is -2.11. The maximum Gasteiger partial charge on any atom is 0.418 e. The molecule has 0 aliphatic rings. The maximum absolute atomic E-state index is 12.7. The first-order chi connectivity index (χ1) is 7.71. The molecule has 7 heteroatoms. The van der Waals surface area contributed by atoms with Crippen molar-refractivity contribution in [2.75, 3.05) is 0 Å². The van der Waals surface area contributed by atoms with Crippen LogP contribution in [0.4, 0.5) is 13.2 Å². The fraction of sp³-hybridized carbons (Fsp3) is 0.300. The quantitative estimate of drug-likeness (QED) is 0.911. The van der Waals surface area contributed by atoms with E-state index in [1.54, 1.807) is 0 Å². The molecule has 0 aliphatic heterocycles. The van der Waals surface area contributed by atoms with Gasteiger partial charge in [0.25, 0.3) is 0 Å². The molecule has 0 amide bonds. The van der Waals surface area contributed by atoms with E-state index in [2.05, 4.69) is 0 Å². The van der Waals surface area contributed by atoms with Gasteiger partial charge in [0.1, 0.15) is 0 Å². The Morgan fingerprint density at radius 2 is 1.88 bits per heavy atom. The van der Waals surface area contributed by atoms with Gasteiger partial charge in [0.2, 0.25) is 0 Å². The van der Waals surface area contributed by atoms with Gasteiger partial charge in [-0.1, -0.05) is 23.2 Å². The highest BCUT2D eigenvalue weighted by Gasteiger charge is 2.36. The highest BCUT2D eigenvalue weighted by Crippen LogP contribution is 2.39. The number of carboxylic acid groups (broad SMARTS) is 1. The van der Waals surface area contributed by atoms with Gasteiger partial charge in [-0.2, -0.15) is 13.2 Å². The monoisotopic (exact) mass is 286 g/mol. The highest BCUT2D eigenvalue weighted by molar-refractivity contribution is 6.35. The van der Waals surface area contributed by atoms with Crippen LogP contribution in [0.25, 0.3) is 0 Å². The number of halogens is 5. The normalized spacial score (nSPS) is 11.6. The van der Waals surface area contributed by atoms with Crippen molar-refractivity contribution in [3.8, 4) is 0 Å². The Hall–Kier alpha value is -0.940. The minimum absolute atomic E-state index is 0.0448. The first kappa shape index (κ1) is 14.1. The molecular weight excluding hydrogens is 280 g/mol. The van der Waals surface area contributed by atoms with E-state index in [1.807, 2.05) is 0 Å². The summed E-state index contributed by atoms with van der Waals surface area (Å²) in [5.74, 6) is -1.19. The minimum atomic E-state index is -4.63. The zero-order valence-corrected chi connectivity index (χ0v) is 9.83. The number of rotatable bonds is 3. The molecule has 0 fully saturated rings. The number of carbonyl (C=O) groups is 1. The van der Waals surface area contributed by atoms with E-state index < -0.39 is 29.2 Å². The van der Waals surface area contributed by atoms with E-state index in [9.17, 15) is 18.0 Å². The van der Waals surface area contributed by atoms with Crippen LogP contribution in [0.2, 0.25) is 10.0 Å². The summed E-state index contributed by atoms with van der Waals surface area (Å²) in [7, 11) is 0. The predicted octanol–water partition coefficient (Wildman–Crippen LogP) is 4.03.